The highest BCUT2D eigenvalue weighted by atomic mass is 35.5. The van der Waals surface area contributed by atoms with Crippen LogP contribution in [0.1, 0.15) is 18.0 Å². The van der Waals surface area contributed by atoms with Crippen molar-refractivity contribution >= 4 is 11.6 Å². The maximum absolute atomic E-state index is 9.00. The first-order valence-electron chi connectivity index (χ1n) is 5.42. The van der Waals surface area contributed by atoms with Crippen molar-refractivity contribution in [2.75, 3.05) is 20.3 Å². The van der Waals surface area contributed by atoms with Crippen LogP contribution in [0.4, 0.5) is 0 Å². The number of nitriles is 1. The number of hydrogen-bond donors (Lipinski definition) is 1. The molecule has 0 spiro atoms. The van der Waals surface area contributed by atoms with Gasteiger partial charge in [-0.05, 0) is 24.7 Å². The van der Waals surface area contributed by atoms with Gasteiger partial charge in [-0.15, -0.1) is 0 Å². The van der Waals surface area contributed by atoms with Gasteiger partial charge in [-0.3, -0.25) is 0 Å². The Balaban J connectivity index is 2.42. The summed E-state index contributed by atoms with van der Waals surface area (Å²) >= 11 is 6.14. The minimum atomic E-state index is -0.398. The molecule has 1 atom stereocenters. The Bertz CT molecular complexity index is 457. The monoisotopic (exact) mass is 252 g/mol. The molecule has 2 rings (SSSR count). The zero-order valence-corrected chi connectivity index (χ0v) is 10.3. The van der Waals surface area contributed by atoms with E-state index in [1.54, 1.807) is 19.2 Å². The van der Waals surface area contributed by atoms with E-state index in [9.17, 15) is 0 Å². The molecule has 1 aromatic carbocycles. The second kappa shape index (κ2) is 5.26. The van der Waals surface area contributed by atoms with Gasteiger partial charge in [0.25, 0.3) is 0 Å². The fourth-order valence-corrected chi connectivity index (χ4v) is 2.00. The van der Waals surface area contributed by atoms with E-state index in [1.165, 1.54) is 0 Å². The fraction of sp³-hybridized carbons (Fsp3) is 0.417. The lowest BCUT2D eigenvalue weighted by atomic mass is 10.1. The van der Waals surface area contributed by atoms with Gasteiger partial charge in [0.15, 0.2) is 11.5 Å². The molecule has 0 aromatic heterocycles. The standard InChI is InChI=1S/C12H13ClN2O2/c1-15-10(7-14)8-5-9(13)12-11(6-8)16-3-2-4-17-12/h5-6,10,15H,2-4H2,1H3. The highest BCUT2D eigenvalue weighted by Crippen LogP contribution is 2.39. The molecule has 1 aromatic rings. The van der Waals surface area contributed by atoms with Crippen LogP contribution >= 0.6 is 11.6 Å². The lowest BCUT2D eigenvalue weighted by molar-refractivity contribution is 0.297. The number of hydrogen-bond acceptors (Lipinski definition) is 4. The SMILES string of the molecule is CNC(C#N)c1cc(Cl)c2c(c1)OCCCO2. The number of nitrogens with zero attached hydrogens (tertiary/aromatic N) is 1. The molecular formula is C12H13ClN2O2. The molecule has 4 nitrogen and oxygen atoms in total. The first kappa shape index (κ1) is 12.0. The molecule has 1 heterocycles. The smallest absolute Gasteiger partial charge is 0.179 e. The quantitative estimate of drug-likeness (QED) is 0.877. The third kappa shape index (κ3) is 2.46. The summed E-state index contributed by atoms with van der Waals surface area (Å²) < 4.78 is 11.1. The molecular weight excluding hydrogens is 240 g/mol. The van der Waals surface area contributed by atoms with Crippen LogP contribution in [0, 0.1) is 11.3 Å². The Kier molecular flexibility index (Phi) is 3.72. The summed E-state index contributed by atoms with van der Waals surface area (Å²) in [7, 11) is 1.73. The van der Waals surface area contributed by atoms with E-state index in [0.717, 1.165) is 12.0 Å². The number of fused-ring (bicyclic) bond motifs is 1. The van der Waals surface area contributed by atoms with Crippen molar-refractivity contribution < 1.29 is 9.47 Å². The van der Waals surface area contributed by atoms with Crippen LogP contribution in [0.25, 0.3) is 0 Å². The van der Waals surface area contributed by atoms with Crippen LogP contribution in [-0.4, -0.2) is 20.3 Å². The normalized spacial score (nSPS) is 15.8. The third-order valence-electron chi connectivity index (χ3n) is 2.58. The highest BCUT2D eigenvalue weighted by Gasteiger charge is 2.18. The number of rotatable bonds is 2. The lowest BCUT2D eigenvalue weighted by Crippen LogP contribution is -2.14. The second-order valence-corrected chi connectivity index (χ2v) is 4.14. The van der Waals surface area contributed by atoms with Crippen molar-refractivity contribution in [1.82, 2.24) is 5.32 Å². The Morgan fingerprint density at radius 3 is 2.88 bits per heavy atom. The zero-order chi connectivity index (χ0) is 12.3. The molecule has 0 aliphatic carbocycles. The van der Waals surface area contributed by atoms with Gasteiger partial charge in [-0.25, -0.2) is 0 Å². The molecule has 1 N–H and O–H groups in total. The number of nitrogens with one attached hydrogen (secondary N) is 1. The summed E-state index contributed by atoms with van der Waals surface area (Å²) in [6.45, 7) is 1.20. The molecule has 17 heavy (non-hydrogen) atoms. The van der Waals surface area contributed by atoms with Crippen molar-refractivity contribution in [3.63, 3.8) is 0 Å². The average Bonchev–Trinajstić information content (AvgIpc) is 2.56. The summed E-state index contributed by atoms with van der Waals surface area (Å²) in [5, 5.41) is 12.4. The lowest BCUT2D eigenvalue weighted by Gasteiger charge is -2.14. The first-order valence-corrected chi connectivity index (χ1v) is 5.80. The molecule has 0 bridgehead atoms. The number of ether oxygens (including phenoxy) is 2. The van der Waals surface area contributed by atoms with Gasteiger partial charge in [0, 0.05) is 6.42 Å². The van der Waals surface area contributed by atoms with E-state index in [1.807, 2.05) is 0 Å². The topological polar surface area (TPSA) is 54.3 Å². The minimum Gasteiger partial charge on any atom is -0.489 e. The Hall–Kier alpha value is -1.44. The molecule has 0 amide bonds. The minimum absolute atomic E-state index is 0.398. The molecule has 90 valence electrons. The van der Waals surface area contributed by atoms with Gasteiger partial charge < -0.3 is 14.8 Å². The molecule has 0 fully saturated rings. The van der Waals surface area contributed by atoms with Crippen molar-refractivity contribution in [2.45, 2.75) is 12.5 Å². The van der Waals surface area contributed by atoms with Gasteiger partial charge >= 0.3 is 0 Å². The van der Waals surface area contributed by atoms with Gasteiger partial charge in [0.05, 0.1) is 24.3 Å². The van der Waals surface area contributed by atoms with Crippen LogP contribution in [0.2, 0.25) is 5.02 Å². The van der Waals surface area contributed by atoms with E-state index >= 15 is 0 Å². The maximum atomic E-state index is 9.00. The van der Waals surface area contributed by atoms with Gasteiger partial charge in [0.1, 0.15) is 6.04 Å². The Labute approximate surface area is 105 Å². The van der Waals surface area contributed by atoms with Crippen molar-refractivity contribution in [1.29, 1.82) is 5.26 Å². The summed E-state index contributed by atoms with van der Waals surface area (Å²) in [6, 6.07) is 5.29. The number of halogens is 1. The van der Waals surface area contributed by atoms with Crippen molar-refractivity contribution in [3.05, 3.63) is 22.7 Å². The number of benzene rings is 1. The molecule has 1 unspecified atom stereocenters. The Morgan fingerprint density at radius 1 is 1.41 bits per heavy atom. The molecule has 1 aliphatic rings. The molecule has 5 heteroatoms. The molecule has 0 saturated heterocycles. The van der Waals surface area contributed by atoms with Crippen molar-refractivity contribution in [2.24, 2.45) is 0 Å². The van der Waals surface area contributed by atoms with Crippen LogP contribution in [0.5, 0.6) is 11.5 Å². The molecule has 0 saturated carbocycles. The van der Waals surface area contributed by atoms with Crippen molar-refractivity contribution in [3.8, 4) is 17.6 Å². The third-order valence-corrected chi connectivity index (χ3v) is 2.86. The first-order chi connectivity index (χ1) is 8.26. The van der Waals surface area contributed by atoms with Crippen LogP contribution in [0.15, 0.2) is 12.1 Å². The molecule has 1 aliphatic heterocycles. The Morgan fingerprint density at radius 2 is 2.18 bits per heavy atom. The van der Waals surface area contributed by atoms with E-state index in [-0.39, 0.29) is 0 Å². The summed E-state index contributed by atoms with van der Waals surface area (Å²) in [4.78, 5) is 0. The largest absolute Gasteiger partial charge is 0.489 e. The summed E-state index contributed by atoms with van der Waals surface area (Å²) in [5.74, 6) is 1.18. The summed E-state index contributed by atoms with van der Waals surface area (Å²) in [5.41, 5.74) is 0.782. The van der Waals surface area contributed by atoms with E-state index in [2.05, 4.69) is 11.4 Å². The van der Waals surface area contributed by atoms with E-state index in [0.29, 0.717) is 29.7 Å². The highest BCUT2D eigenvalue weighted by molar-refractivity contribution is 6.32. The van der Waals surface area contributed by atoms with E-state index in [4.69, 9.17) is 26.3 Å². The van der Waals surface area contributed by atoms with Crippen LogP contribution < -0.4 is 14.8 Å². The second-order valence-electron chi connectivity index (χ2n) is 3.73. The van der Waals surface area contributed by atoms with Gasteiger partial charge in [0.2, 0.25) is 0 Å². The maximum Gasteiger partial charge on any atom is 0.179 e. The van der Waals surface area contributed by atoms with Gasteiger partial charge in [-0.1, -0.05) is 11.6 Å². The van der Waals surface area contributed by atoms with Crippen LogP contribution in [0.3, 0.4) is 0 Å². The fourth-order valence-electron chi connectivity index (χ4n) is 1.72. The molecule has 0 radical (unpaired) electrons. The summed E-state index contributed by atoms with van der Waals surface area (Å²) in [6.07, 6.45) is 0.827. The van der Waals surface area contributed by atoms with Gasteiger partial charge in [-0.2, -0.15) is 5.26 Å². The zero-order valence-electron chi connectivity index (χ0n) is 9.50. The predicted octanol–water partition coefficient (Wildman–Crippen LogP) is 2.29. The predicted molar refractivity (Wildman–Crippen MR) is 64.5 cm³/mol. The van der Waals surface area contributed by atoms with E-state index < -0.39 is 6.04 Å². The average molecular weight is 253 g/mol. The van der Waals surface area contributed by atoms with Crippen LogP contribution in [-0.2, 0) is 0 Å².